The molecule has 1 aliphatic rings. The van der Waals surface area contributed by atoms with Crippen molar-refractivity contribution in [2.75, 3.05) is 32.2 Å². The molecule has 0 spiro atoms. The Morgan fingerprint density at radius 3 is 2.83 bits per heavy atom. The van der Waals surface area contributed by atoms with Gasteiger partial charge in [-0.1, -0.05) is 6.92 Å². The average Bonchev–Trinajstić information content (AvgIpc) is 3.21. The number of anilines is 1. The molecule has 100 valence electrons. The Hall–Kier alpha value is -1.36. The van der Waals surface area contributed by atoms with E-state index in [1.807, 2.05) is 6.07 Å². The zero-order valence-corrected chi connectivity index (χ0v) is 11.1. The van der Waals surface area contributed by atoms with Gasteiger partial charge in [-0.15, -0.1) is 0 Å². The van der Waals surface area contributed by atoms with Gasteiger partial charge in [-0.05, 0) is 19.3 Å². The third-order valence-electron chi connectivity index (χ3n) is 2.73. The van der Waals surface area contributed by atoms with Crippen LogP contribution in [-0.4, -0.2) is 36.8 Å². The summed E-state index contributed by atoms with van der Waals surface area (Å²) in [4.78, 5) is 8.97. The standard InChI is InChI=1S/C13H21N3O2/c1-3-7-18-12-9-11(14-6-8-17-2)15-13(16-12)10-4-5-10/h9-10H,3-8H2,1-2H3,(H,14,15,16). The van der Waals surface area contributed by atoms with E-state index in [9.17, 15) is 0 Å². The quantitative estimate of drug-likeness (QED) is 0.718. The summed E-state index contributed by atoms with van der Waals surface area (Å²) in [5.41, 5.74) is 0. The van der Waals surface area contributed by atoms with Gasteiger partial charge >= 0.3 is 0 Å². The average molecular weight is 251 g/mol. The van der Waals surface area contributed by atoms with Crippen LogP contribution in [0.5, 0.6) is 5.88 Å². The highest BCUT2D eigenvalue weighted by Gasteiger charge is 2.27. The number of aromatic nitrogens is 2. The van der Waals surface area contributed by atoms with Gasteiger partial charge in [-0.25, -0.2) is 4.98 Å². The van der Waals surface area contributed by atoms with Crippen molar-refractivity contribution in [2.45, 2.75) is 32.1 Å². The van der Waals surface area contributed by atoms with E-state index < -0.39 is 0 Å². The van der Waals surface area contributed by atoms with E-state index in [0.29, 0.717) is 25.0 Å². The minimum Gasteiger partial charge on any atom is -0.478 e. The van der Waals surface area contributed by atoms with E-state index in [2.05, 4.69) is 22.2 Å². The molecule has 1 aromatic heterocycles. The first-order valence-corrected chi connectivity index (χ1v) is 6.58. The molecule has 0 aromatic carbocycles. The van der Waals surface area contributed by atoms with Gasteiger partial charge in [0.2, 0.25) is 5.88 Å². The Morgan fingerprint density at radius 1 is 1.33 bits per heavy atom. The fourth-order valence-corrected chi connectivity index (χ4v) is 1.62. The summed E-state index contributed by atoms with van der Waals surface area (Å²) in [6.45, 7) is 4.18. The van der Waals surface area contributed by atoms with Crippen LogP contribution >= 0.6 is 0 Å². The van der Waals surface area contributed by atoms with Crippen LogP contribution in [0, 0.1) is 0 Å². The Kier molecular flexibility index (Phi) is 4.75. The zero-order valence-electron chi connectivity index (χ0n) is 11.1. The fourth-order valence-electron chi connectivity index (χ4n) is 1.62. The van der Waals surface area contributed by atoms with Crippen molar-refractivity contribution in [1.29, 1.82) is 0 Å². The highest BCUT2D eigenvalue weighted by atomic mass is 16.5. The second-order valence-electron chi connectivity index (χ2n) is 4.49. The largest absolute Gasteiger partial charge is 0.478 e. The molecule has 0 radical (unpaired) electrons. The third-order valence-corrected chi connectivity index (χ3v) is 2.73. The Labute approximate surface area is 108 Å². The normalized spacial score (nSPS) is 14.6. The maximum absolute atomic E-state index is 5.60. The fraction of sp³-hybridized carbons (Fsp3) is 0.692. The summed E-state index contributed by atoms with van der Waals surface area (Å²) in [6.07, 6.45) is 3.36. The maximum Gasteiger partial charge on any atom is 0.218 e. The Balaban J connectivity index is 2.03. The second-order valence-corrected chi connectivity index (χ2v) is 4.49. The van der Waals surface area contributed by atoms with Gasteiger partial charge in [0.1, 0.15) is 11.6 Å². The molecule has 1 N–H and O–H groups in total. The molecule has 0 aliphatic heterocycles. The van der Waals surface area contributed by atoms with Crippen LogP contribution in [0.3, 0.4) is 0 Å². The van der Waals surface area contributed by atoms with Gasteiger partial charge in [0.25, 0.3) is 0 Å². The van der Waals surface area contributed by atoms with Crippen molar-refractivity contribution in [2.24, 2.45) is 0 Å². The molecule has 0 saturated heterocycles. The first-order valence-electron chi connectivity index (χ1n) is 6.58. The molecular formula is C13H21N3O2. The van der Waals surface area contributed by atoms with E-state index in [-0.39, 0.29) is 0 Å². The van der Waals surface area contributed by atoms with Crippen molar-refractivity contribution in [3.8, 4) is 5.88 Å². The van der Waals surface area contributed by atoms with Crippen LogP contribution in [0.2, 0.25) is 0 Å². The minimum absolute atomic E-state index is 0.526. The minimum atomic E-state index is 0.526. The lowest BCUT2D eigenvalue weighted by molar-refractivity contribution is 0.210. The Bertz CT molecular complexity index is 380. The molecule has 0 bridgehead atoms. The van der Waals surface area contributed by atoms with Crippen LogP contribution in [0.4, 0.5) is 5.82 Å². The van der Waals surface area contributed by atoms with E-state index in [1.165, 1.54) is 12.8 Å². The van der Waals surface area contributed by atoms with Gasteiger partial charge in [-0.2, -0.15) is 4.98 Å². The van der Waals surface area contributed by atoms with Crippen molar-refractivity contribution < 1.29 is 9.47 Å². The van der Waals surface area contributed by atoms with Crippen molar-refractivity contribution >= 4 is 5.82 Å². The highest BCUT2D eigenvalue weighted by Crippen LogP contribution is 2.39. The van der Waals surface area contributed by atoms with Crippen molar-refractivity contribution in [3.63, 3.8) is 0 Å². The number of nitrogens with one attached hydrogen (secondary N) is 1. The van der Waals surface area contributed by atoms with Gasteiger partial charge < -0.3 is 14.8 Å². The first kappa shape index (κ1) is 13.1. The lowest BCUT2D eigenvalue weighted by atomic mass is 10.4. The molecule has 1 aliphatic carbocycles. The van der Waals surface area contributed by atoms with E-state index in [1.54, 1.807) is 7.11 Å². The van der Waals surface area contributed by atoms with E-state index in [0.717, 1.165) is 24.6 Å². The van der Waals surface area contributed by atoms with Gasteiger partial charge in [0.15, 0.2) is 0 Å². The summed E-state index contributed by atoms with van der Waals surface area (Å²) in [5, 5.41) is 3.23. The van der Waals surface area contributed by atoms with E-state index >= 15 is 0 Å². The SMILES string of the molecule is CCCOc1cc(NCCOC)nc(C2CC2)n1. The van der Waals surface area contributed by atoms with Crippen LogP contribution in [0.1, 0.15) is 37.9 Å². The third kappa shape index (κ3) is 3.84. The number of hydrogen-bond acceptors (Lipinski definition) is 5. The number of ether oxygens (including phenoxy) is 2. The van der Waals surface area contributed by atoms with Gasteiger partial charge in [0, 0.05) is 25.6 Å². The maximum atomic E-state index is 5.60. The van der Waals surface area contributed by atoms with Gasteiger partial charge in [0.05, 0.1) is 13.2 Å². The molecule has 18 heavy (non-hydrogen) atoms. The smallest absolute Gasteiger partial charge is 0.218 e. The summed E-state index contributed by atoms with van der Waals surface area (Å²) in [6, 6.07) is 1.86. The first-order chi connectivity index (χ1) is 8.83. The summed E-state index contributed by atoms with van der Waals surface area (Å²) in [7, 11) is 1.69. The van der Waals surface area contributed by atoms with Crippen LogP contribution in [0.15, 0.2) is 6.07 Å². The van der Waals surface area contributed by atoms with E-state index in [4.69, 9.17) is 9.47 Å². The van der Waals surface area contributed by atoms with Crippen molar-refractivity contribution in [1.82, 2.24) is 9.97 Å². The van der Waals surface area contributed by atoms with Crippen LogP contribution < -0.4 is 10.1 Å². The summed E-state index contributed by atoms with van der Waals surface area (Å²) >= 11 is 0. The zero-order chi connectivity index (χ0) is 12.8. The van der Waals surface area contributed by atoms with Crippen LogP contribution in [-0.2, 0) is 4.74 Å². The predicted molar refractivity (Wildman–Crippen MR) is 70.2 cm³/mol. The molecule has 1 fully saturated rings. The summed E-state index contributed by atoms with van der Waals surface area (Å²) < 4.78 is 10.6. The van der Waals surface area contributed by atoms with Crippen molar-refractivity contribution in [3.05, 3.63) is 11.9 Å². The lowest BCUT2D eigenvalue weighted by Gasteiger charge is -2.10. The predicted octanol–water partition coefficient (Wildman–Crippen LogP) is 2.20. The van der Waals surface area contributed by atoms with Gasteiger partial charge in [-0.3, -0.25) is 0 Å². The molecule has 1 aromatic rings. The molecule has 0 unspecified atom stereocenters. The number of methoxy groups -OCH3 is 1. The topological polar surface area (TPSA) is 56.3 Å². The molecule has 5 heteroatoms. The molecule has 1 heterocycles. The molecular weight excluding hydrogens is 230 g/mol. The number of rotatable bonds is 8. The number of hydrogen-bond donors (Lipinski definition) is 1. The monoisotopic (exact) mass is 251 g/mol. The van der Waals surface area contributed by atoms with Crippen LogP contribution in [0.25, 0.3) is 0 Å². The number of nitrogens with zero attached hydrogens (tertiary/aromatic N) is 2. The Morgan fingerprint density at radius 2 is 2.17 bits per heavy atom. The molecule has 1 saturated carbocycles. The molecule has 0 amide bonds. The second kappa shape index (κ2) is 6.54. The molecule has 2 rings (SSSR count). The lowest BCUT2D eigenvalue weighted by Crippen LogP contribution is -2.11. The highest BCUT2D eigenvalue weighted by molar-refractivity contribution is 5.39. The molecule has 5 nitrogen and oxygen atoms in total. The summed E-state index contributed by atoms with van der Waals surface area (Å²) in [5.74, 6) is 2.94. The molecule has 0 atom stereocenters.